The highest BCUT2D eigenvalue weighted by Crippen LogP contribution is 2.44. The molecule has 0 unspecified atom stereocenters. The van der Waals surface area contributed by atoms with Crippen LogP contribution in [0, 0.1) is 0 Å². The van der Waals surface area contributed by atoms with Crippen molar-refractivity contribution in [1.29, 1.82) is 0 Å². The molecule has 0 spiro atoms. The number of fused-ring (bicyclic) bond motifs is 4. The van der Waals surface area contributed by atoms with Crippen LogP contribution in [0.5, 0.6) is 0 Å². The van der Waals surface area contributed by atoms with Gasteiger partial charge in [-0.2, -0.15) is 10.2 Å². The minimum Gasteiger partial charge on any atom is -0.370 e. The summed E-state index contributed by atoms with van der Waals surface area (Å²) >= 11 is 0. The maximum Gasteiger partial charge on any atom is 0.345 e. The van der Waals surface area contributed by atoms with E-state index in [9.17, 15) is 14.8 Å². The van der Waals surface area contributed by atoms with E-state index in [1.54, 1.807) is 10.9 Å². The quantitative estimate of drug-likeness (QED) is 0.824. The van der Waals surface area contributed by atoms with E-state index >= 15 is 0 Å². The average Bonchev–Trinajstić information content (AvgIpc) is 3.08. The summed E-state index contributed by atoms with van der Waals surface area (Å²) in [5.74, 6) is -0.510. The molecule has 2 atom stereocenters. The van der Waals surface area contributed by atoms with Crippen molar-refractivity contribution in [2.45, 2.75) is 18.5 Å². The Kier molecular flexibility index (Phi) is 2.88. The fraction of sp³-hybridized carbons (Fsp3) is 0.267. The molecule has 8 heteroatoms. The highest BCUT2D eigenvalue weighted by atomic mass is 16.5. The lowest BCUT2D eigenvalue weighted by molar-refractivity contribution is -0.119. The summed E-state index contributed by atoms with van der Waals surface area (Å²) < 4.78 is 1.70. The number of rotatable bonds is 3. The van der Waals surface area contributed by atoms with Crippen molar-refractivity contribution in [3.63, 3.8) is 0 Å². The molecule has 4 rings (SSSR count). The summed E-state index contributed by atoms with van der Waals surface area (Å²) in [5.41, 5.74) is 7.65. The number of nitrogens with two attached hydrogens (primary N) is 1. The molecule has 118 valence electrons. The summed E-state index contributed by atoms with van der Waals surface area (Å²) in [4.78, 5) is 25.2. The number of amides is 3. The summed E-state index contributed by atoms with van der Waals surface area (Å²) in [6, 6.07) is 7.91. The highest BCUT2D eigenvalue weighted by Gasteiger charge is 2.49. The molecular formula is C15H15N5O3. The van der Waals surface area contributed by atoms with Crippen LogP contribution in [0.25, 0.3) is 5.69 Å². The third-order valence-corrected chi connectivity index (χ3v) is 4.39. The maximum atomic E-state index is 12.2. The zero-order chi connectivity index (χ0) is 16.1. The third kappa shape index (κ3) is 1.92. The van der Waals surface area contributed by atoms with Crippen molar-refractivity contribution >= 4 is 11.9 Å². The standard InChI is InChI=1S/C15H15N5O3/c16-13(21)6-11-14-10(12-8-18(11)15(22)20(12)23)7-17-19(14)9-4-2-1-3-5-9/h1-5,7,11-12,23H,6,8H2,(H2,16,21)/t11-,12-/m1/s1. The first-order valence-corrected chi connectivity index (χ1v) is 7.28. The second-order valence-corrected chi connectivity index (χ2v) is 5.71. The SMILES string of the molecule is NC(=O)C[C@@H]1c2c(cnn2-c2ccccc2)[C@H]2CN1C(=O)N2O. The van der Waals surface area contributed by atoms with E-state index in [4.69, 9.17) is 5.73 Å². The van der Waals surface area contributed by atoms with Gasteiger partial charge in [0.15, 0.2) is 0 Å². The van der Waals surface area contributed by atoms with Crippen LogP contribution in [0.1, 0.15) is 29.8 Å². The molecule has 2 bridgehead atoms. The van der Waals surface area contributed by atoms with E-state index in [2.05, 4.69) is 5.10 Å². The van der Waals surface area contributed by atoms with Gasteiger partial charge in [-0.1, -0.05) is 18.2 Å². The second-order valence-electron chi connectivity index (χ2n) is 5.71. The Balaban J connectivity index is 1.89. The molecule has 2 aliphatic heterocycles. The number of hydrogen-bond acceptors (Lipinski definition) is 4. The van der Waals surface area contributed by atoms with Crippen LogP contribution in [0.2, 0.25) is 0 Å². The number of hydrogen-bond donors (Lipinski definition) is 2. The first-order chi connectivity index (χ1) is 11.1. The zero-order valence-corrected chi connectivity index (χ0v) is 12.2. The summed E-state index contributed by atoms with van der Waals surface area (Å²) in [6.45, 7) is 0.320. The topological polar surface area (TPSA) is 105 Å². The lowest BCUT2D eigenvalue weighted by Crippen LogP contribution is -2.37. The first kappa shape index (κ1) is 13.8. The van der Waals surface area contributed by atoms with Crippen LogP contribution >= 0.6 is 0 Å². The van der Waals surface area contributed by atoms with Crippen molar-refractivity contribution in [2.24, 2.45) is 5.73 Å². The molecule has 1 saturated heterocycles. The molecule has 0 radical (unpaired) electrons. The minimum atomic E-state index is -0.536. The Morgan fingerprint density at radius 2 is 2.09 bits per heavy atom. The van der Waals surface area contributed by atoms with Gasteiger partial charge in [-0.25, -0.2) is 9.48 Å². The third-order valence-electron chi connectivity index (χ3n) is 4.39. The van der Waals surface area contributed by atoms with Crippen molar-refractivity contribution < 1.29 is 14.8 Å². The van der Waals surface area contributed by atoms with Gasteiger partial charge in [0.1, 0.15) is 6.04 Å². The Hall–Kier alpha value is -2.87. The van der Waals surface area contributed by atoms with Crippen molar-refractivity contribution in [2.75, 3.05) is 6.54 Å². The summed E-state index contributed by atoms with van der Waals surface area (Å²) in [7, 11) is 0. The highest BCUT2D eigenvalue weighted by molar-refractivity contribution is 5.81. The van der Waals surface area contributed by atoms with Gasteiger partial charge in [0.05, 0.1) is 36.6 Å². The van der Waals surface area contributed by atoms with Crippen molar-refractivity contribution in [1.82, 2.24) is 19.7 Å². The number of hydroxylamine groups is 2. The summed E-state index contributed by atoms with van der Waals surface area (Å²) in [6.07, 6.45) is 1.62. The van der Waals surface area contributed by atoms with Gasteiger partial charge in [0.25, 0.3) is 0 Å². The number of urea groups is 1. The van der Waals surface area contributed by atoms with Crippen LogP contribution in [0.3, 0.4) is 0 Å². The van der Waals surface area contributed by atoms with E-state index in [1.807, 2.05) is 30.3 Å². The number of aromatic nitrogens is 2. The molecule has 2 aromatic rings. The van der Waals surface area contributed by atoms with Crippen molar-refractivity contribution in [3.05, 3.63) is 47.8 Å². The van der Waals surface area contributed by atoms with Crippen LogP contribution in [-0.4, -0.2) is 43.4 Å². The molecule has 1 fully saturated rings. The molecule has 2 aliphatic rings. The molecule has 3 N–H and O–H groups in total. The predicted octanol–water partition coefficient (Wildman–Crippen LogP) is 0.970. The lowest BCUT2D eigenvalue weighted by Gasteiger charge is -2.30. The van der Waals surface area contributed by atoms with Gasteiger partial charge in [-0.3, -0.25) is 10.0 Å². The number of nitrogens with zero attached hydrogens (tertiary/aromatic N) is 4. The van der Waals surface area contributed by atoms with E-state index < -0.39 is 24.0 Å². The Bertz CT molecular complexity index is 788. The van der Waals surface area contributed by atoms with Gasteiger partial charge in [-0.05, 0) is 12.1 Å². The number of para-hydroxylation sites is 1. The smallest absolute Gasteiger partial charge is 0.345 e. The van der Waals surface area contributed by atoms with E-state index in [-0.39, 0.29) is 6.42 Å². The molecular weight excluding hydrogens is 298 g/mol. The van der Waals surface area contributed by atoms with Crippen LogP contribution in [-0.2, 0) is 4.79 Å². The van der Waals surface area contributed by atoms with E-state index in [1.165, 1.54) is 4.90 Å². The first-order valence-electron chi connectivity index (χ1n) is 7.28. The average molecular weight is 313 g/mol. The van der Waals surface area contributed by atoms with Crippen LogP contribution < -0.4 is 5.73 Å². The fourth-order valence-electron chi connectivity index (χ4n) is 3.38. The largest absolute Gasteiger partial charge is 0.370 e. The molecule has 0 aliphatic carbocycles. The van der Waals surface area contributed by atoms with E-state index in [0.29, 0.717) is 11.6 Å². The Labute approximate surface area is 131 Å². The number of carbonyl (C=O) groups excluding carboxylic acids is 2. The predicted molar refractivity (Wildman–Crippen MR) is 78.6 cm³/mol. The molecule has 0 saturated carbocycles. The number of carbonyl (C=O) groups is 2. The zero-order valence-electron chi connectivity index (χ0n) is 12.2. The van der Waals surface area contributed by atoms with Crippen molar-refractivity contribution in [3.8, 4) is 5.69 Å². The minimum absolute atomic E-state index is 0.0160. The van der Waals surface area contributed by atoms with Gasteiger partial charge in [0.2, 0.25) is 5.91 Å². The number of benzene rings is 1. The monoisotopic (exact) mass is 313 g/mol. The van der Waals surface area contributed by atoms with Gasteiger partial charge in [-0.15, -0.1) is 0 Å². The lowest BCUT2D eigenvalue weighted by atomic mass is 9.95. The van der Waals surface area contributed by atoms with Crippen LogP contribution in [0.4, 0.5) is 4.79 Å². The van der Waals surface area contributed by atoms with Gasteiger partial charge >= 0.3 is 6.03 Å². The van der Waals surface area contributed by atoms with Gasteiger partial charge in [0, 0.05) is 5.56 Å². The molecule has 3 amide bonds. The molecule has 1 aromatic heterocycles. The fourth-order valence-corrected chi connectivity index (χ4v) is 3.38. The maximum absolute atomic E-state index is 12.2. The molecule has 3 heterocycles. The molecule has 23 heavy (non-hydrogen) atoms. The molecule has 8 nitrogen and oxygen atoms in total. The Morgan fingerprint density at radius 3 is 2.78 bits per heavy atom. The number of primary amides is 1. The van der Waals surface area contributed by atoms with Crippen LogP contribution in [0.15, 0.2) is 36.5 Å². The molecule has 1 aromatic carbocycles. The second kappa shape index (κ2) is 4.82. The van der Waals surface area contributed by atoms with E-state index in [0.717, 1.165) is 16.9 Å². The normalized spacial score (nSPS) is 22.4. The van der Waals surface area contributed by atoms with Gasteiger partial charge < -0.3 is 10.6 Å². The summed E-state index contributed by atoms with van der Waals surface area (Å²) in [5, 5.41) is 15.1. The Morgan fingerprint density at radius 1 is 1.35 bits per heavy atom.